The van der Waals surface area contributed by atoms with E-state index in [9.17, 15) is 0 Å². The Balaban J connectivity index is 2.02. The first-order valence-corrected chi connectivity index (χ1v) is 8.57. The number of hydrogen-bond donors (Lipinski definition) is 1. The zero-order valence-electron chi connectivity index (χ0n) is 12.5. The number of nitrogens with two attached hydrogens (primary N) is 1. The highest BCUT2D eigenvalue weighted by atomic mass is 32.1. The van der Waals surface area contributed by atoms with Crippen molar-refractivity contribution in [1.29, 1.82) is 0 Å². The normalized spacial score (nSPS) is 27.4. The Morgan fingerprint density at radius 3 is 2.53 bits per heavy atom. The van der Waals surface area contributed by atoms with Crippen LogP contribution < -0.4 is 5.73 Å². The molecule has 0 spiro atoms. The minimum atomic E-state index is 0.184. The molecule has 0 bridgehead atoms. The summed E-state index contributed by atoms with van der Waals surface area (Å²) in [6.45, 7) is 4.46. The van der Waals surface area contributed by atoms with E-state index in [0.717, 1.165) is 5.92 Å². The Labute approximate surface area is 122 Å². The first-order chi connectivity index (χ1) is 9.13. The van der Waals surface area contributed by atoms with Crippen LogP contribution in [-0.2, 0) is 0 Å². The van der Waals surface area contributed by atoms with Crippen molar-refractivity contribution in [2.45, 2.75) is 64.1 Å². The van der Waals surface area contributed by atoms with Crippen molar-refractivity contribution < 1.29 is 0 Å². The molecule has 1 aliphatic carbocycles. The van der Waals surface area contributed by atoms with Gasteiger partial charge in [0.1, 0.15) is 0 Å². The maximum Gasteiger partial charge on any atom is 0.0504 e. The first-order valence-electron chi connectivity index (χ1n) is 7.63. The van der Waals surface area contributed by atoms with E-state index in [1.807, 2.05) is 0 Å². The first kappa shape index (κ1) is 15.0. The molecular formula is C16H28N2S. The minimum Gasteiger partial charge on any atom is -0.326 e. The summed E-state index contributed by atoms with van der Waals surface area (Å²) in [5, 5.41) is 4.41. The fraction of sp³-hybridized carbons (Fsp3) is 0.750. The van der Waals surface area contributed by atoms with E-state index in [-0.39, 0.29) is 6.04 Å². The van der Waals surface area contributed by atoms with Crippen molar-refractivity contribution in [2.75, 3.05) is 7.05 Å². The van der Waals surface area contributed by atoms with Gasteiger partial charge < -0.3 is 5.73 Å². The van der Waals surface area contributed by atoms with E-state index in [0.29, 0.717) is 12.1 Å². The lowest BCUT2D eigenvalue weighted by Crippen LogP contribution is -2.44. The Kier molecular flexibility index (Phi) is 5.43. The van der Waals surface area contributed by atoms with Gasteiger partial charge >= 0.3 is 0 Å². The summed E-state index contributed by atoms with van der Waals surface area (Å²) >= 11 is 1.77. The Bertz CT molecular complexity index is 353. The van der Waals surface area contributed by atoms with Crippen molar-refractivity contribution in [1.82, 2.24) is 4.90 Å². The highest BCUT2D eigenvalue weighted by molar-refractivity contribution is 7.07. The molecule has 1 aliphatic rings. The smallest absolute Gasteiger partial charge is 0.0504 e. The van der Waals surface area contributed by atoms with Crippen molar-refractivity contribution in [3.05, 3.63) is 22.4 Å². The third-order valence-electron chi connectivity index (χ3n) is 4.79. The van der Waals surface area contributed by atoms with Crippen molar-refractivity contribution in [2.24, 2.45) is 11.7 Å². The van der Waals surface area contributed by atoms with Gasteiger partial charge in [0.15, 0.2) is 0 Å². The lowest BCUT2D eigenvalue weighted by atomic mass is 9.83. The SMILES string of the molecule is CCC1CCC(N(C)C(c2ccsc2)C(C)N)CC1. The summed E-state index contributed by atoms with van der Waals surface area (Å²) in [5.41, 5.74) is 7.64. The summed E-state index contributed by atoms with van der Waals surface area (Å²) in [7, 11) is 2.27. The maximum atomic E-state index is 6.25. The molecule has 0 amide bonds. The summed E-state index contributed by atoms with van der Waals surface area (Å²) < 4.78 is 0. The highest BCUT2D eigenvalue weighted by Crippen LogP contribution is 2.34. The molecule has 1 heterocycles. The molecular weight excluding hydrogens is 252 g/mol. The molecule has 3 heteroatoms. The second-order valence-electron chi connectivity index (χ2n) is 6.11. The number of likely N-dealkylation sites (N-methyl/N-ethyl adjacent to an activating group) is 1. The number of hydrogen-bond acceptors (Lipinski definition) is 3. The Hall–Kier alpha value is -0.380. The Morgan fingerprint density at radius 1 is 1.37 bits per heavy atom. The molecule has 1 saturated carbocycles. The lowest BCUT2D eigenvalue weighted by Gasteiger charge is -2.40. The molecule has 0 radical (unpaired) electrons. The predicted molar refractivity (Wildman–Crippen MR) is 84.5 cm³/mol. The monoisotopic (exact) mass is 280 g/mol. The van der Waals surface area contributed by atoms with Crippen LogP contribution in [0.15, 0.2) is 16.8 Å². The molecule has 19 heavy (non-hydrogen) atoms. The van der Waals surface area contributed by atoms with E-state index < -0.39 is 0 Å². The maximum absolute atomic E-state index is 6.25. The van der Waals surface area contributed by atoms with Crippen LogP contribution in [-0.4, -0.2) is 24.0 Å². The average Bonchev–Trinajstić information content (AvgIpc) is 2.92. The molecule has 0 saturated heterocycles. The van der Waals surface area contributed by atoms with Crippen molar-refractivity contribution in [3.63, 3.8) is 0 Å². The fourth-order valence-corrected chi connectivity index (χ4v) is 4.23. The van der Waals surface area contributed by atoms with E-state index >= 15 is 0 Å². The molecule has 1 aromatic heterocycles. The van der Waals surface area contributed by atoms with Crippen LogP contribution in [0.3, 0.4) is 0 Å². The van der Waals surface area contributed by atoms with Gasteiger partial charge in [-0.1, -0.05) is 13.3 Å². The van der Waals surface area contributed by atoms with Crippen molar-refractivity contribution in [3.8, 4) is 0 Å². The summed E-state index contributed by atoms with van der Waals surface area (Å²) in [6.07, 6.45) is 6.80. The molecule has 1 fully saturated rings. The standard InChI is InChI=1S/C16H28N2S/c1-4-13-5-7-15(8-6-13)18(3)16(12(2)17)14-9-10-19-11-14/h9-13,15-16H,4-8,17H2,1-3H3. The molecule has 108 valence electrons. The van der Waals surface area contributed by atoms with E-state index in [1.165, 1.54) is 37.7 Å². The van der Waals surface area contributed by atoms with Crippen LogP contribution in [0.5, 0.6) is 0 Å². The van der Waals surface area contributed by atoms with Crippen LogP contribution >= 0.6 is 11.3 Å². The second kappa shape index (κ2) is 6.87. The third-order valence-corrected chi connectivity index (χ3v) is 5.49. The molecule has 2 N–H and O–H groups in total. The molecule has 2 unspecified atom stereocenters. The quantitative estimate of drug-likeness (QED) is 0.882. The van der Waals surface area contributed by atoms with Gasteiger partial charge in [0, 0.05) is 12.1 Å². The molecule has 2 atom stereocenters. The summed E-state index contributed by atoms with van der Waals surface area (Å²) in [6, 6.07) is 3.49. The zero-order chi connectivity index (χ0) is 13.8. The topological polar surface area (TPSA) is 29.3 Å². The Morgan fingerprint density at radius 2 is 2.05 bits per heavy atom. The van der Waals surface area contributed by atoms with Gasteiger partial charge in [-0.2, -0.15) is 11.3 Å². The van der Waals surface area contributed by atoms with Gasteiger partial charge in [-0.15, -0.1) is 0 Å². The van der Waals surface area contributed by atoms with Gasteiger partial charge in [0.2, 0.25) is 0 Å². The van der Waals surface area contributed by atoms with E-state index in [2.05, 4.69) is 42.6 Å². The van der Waals surface area contributed by atoms with Crippen molar-refractivity contribution >= 4 is 11.3 Å². The largest absolute Gasteiger partial charge is 0.326 e. The molecule has 1 aromatic rings. The highest BCUT2D eigenvalue weighted by Gasteiger charge is 2.30. The van der Waals surface area contributed by atoms with Crippen LogP contribution in [0.1, 0.15) is 57.6 Å². The third kappa shape index (κ3) is 3.59. The number of thiophene rings is 1. The molecule has 0 aromatic carbocycles. The summed E-state index contributed by atoms with van der Waals surface area (Å²) in [5.74, 6) is 0.958. The predicted octanol–water partition coefficient (Wildman–Crippen LogP) is 4.04. The van der Waals surface area contributed by atoms with Gasteiger partial charge in [0.05, 0.1) is 6.04 Å². The van der Waals surface area contributed by atoms with Crippen LogP contribution in [0, 0.1) is 5.92 Å². The molecule has 0 aliphatic heterocycles. The van der Waals surface area contributed by atoms with Gasteiger partial charge in [0.25, 0.3) is 0 Å². The van der Waals surface area contributed by atoms with Crippen LogP contribution in [0.25, 0.3) is 0 Å². The zero-order valence-corrected chi connectivity index (χ0v) is 13.3. The number of nitrogens with zero attached hydrogens (tertiary/aromatic N) is 1. The lowest BCUT2D eigenvalue weighted by molar-refractivity contribution is 0.107. The summed E-state index contributed by atoms with van der Waals surface area (Å²) in [4.78, 5) is 2.54. The number of rotatable bonds is 5. The van der Waals surface area contributed by atoms with Crippen LogP contribution in [0.4, 0.5) is 0 Å². The fourth-order valence-electron chi connectivity index (χ4n) is 3.54. The van der Waals surface area contributed by atoms with E-state index in [4.69, 9.17) is 5.73 Å². The molecule has 2 nitrogen and oxygen atoms in total. The van der Waals surface area contributed by atoms with Crippen LogP contribution in [0.2, 0.25) is 0 Å². The van der Waals surface area contributed by atoms with Gasteiger partial charge in [-0.3, -0.25) is 4.90 Å². The minimum absolute atomic E-state index is 0.184. The van der Waals surface area contributed by atoms with Gasteiger partial charge in [-0.05, 0) is 68.0 Å². The van der Waals surface area contributed by atoms with Gasteiger partial charge in [-0.25, -0.2) is 0 Å². The average molecular weight is 280 g/mol. The molecule has 2 rings (SSSR count). The second-order valence-corrected chi connectivity index (χ2v) is 6.89. The van der Waals surface area contributed by atoms with E-state index in [1.54, 1.807) is 11.3 Å².